The fourth-order valence-corrected chi connectivity index (χ4v) is 2.11. The van der Waals surface area contributed by atoms with Crippen molar-refractivity contribution in [2.75, 3.05) is 6.61 Å². The van der Waals surface area contributed by atoms with Gasteiger partial charge in [0.05, 0.1) is 6.10 Å². The van der Waals surface area contributed by atoms with E-state index in [1.807, 2.05) is 6.92 Å². The number of aryl methyl sites for hydroxylation is 1. The third-order valence-electron chi connectivity index (χ3n) is 3.17. The van der Waals surface area contributed by atoms with Crippen molar-refractivity contribution in [3.8, 4) is 0 Å². The number of rotatable bonds is 5. The van der Waals surface area contributed by atoms with Crippen LogP contribution in [0.5, 0.6) is 0 Å². The molecule has 1 fully saturated rings. The fraction of sp³-hybridized carbons (Fsp3) is 0.667. The first kappa shape index (κ1) is 13.9. The molecule has 1 aromatic rings. The molecule has 1 aliphatic carbocycles. The van der Waals surface area contributed by atoms with E-state index < -0.39 is 12.5 Å². The number of alkyl halides is 2. The molecule has 0 radical (unpaired) electrons. The molecule has 1 amide bonds. The van der Waals surface area contributed by atoms with Gasteiger partial charge in [-0.2, -0.15) is 13.9 Å². The smallest absolute Gasteiger partial charge is 0.333 e. The molecule has 0 spiro atoms. The van der Waals surface area contributed by atoms with Crippen molar-refractivity contribution in [3.05, 3.63) is 17.5 Å². The number of hydrogen-bond donors (Lipinski definition) is 1. The molecule has 0 atom stereocenters. The summed E-state index contributed by atoms with van der Waals surface area (Å²) in [4.78, 5) is 11.8. The highest BCUT2D eigenvalue weighted by Crippen LogP contribution is 2.23. The third-order valence-corrected chi connectivity index (χ3v) is 3.17. The predicted molar refractivity (Wildman–Crippen MR) is 64.1 cm³/mol. The van der Waals surface area contributed by atoms with Gasteiger partial charge in [-0.15, -0.1) is 0 Å². The zero-order valence-electron chi connectivity index (χ0n) is 10.9. The lowest BCUT2D eigenvalue weighted by Crippen LogP contribution is -2.47. The van der Waals surface area contributed by atoms with Crippen LogP contribution in [0.25, 0.3) is 0 Å². The monoisotopic (exact) mass is 273 g/mol. The number of carbonyl (C=O) groups excluding carboxylic acids is 1. The molecule has 2 rings (SSSR count). The SMILES string of the molecule is CCOC1CC(NC(=O)c2cc(C)n(C(F)F)n2)C1. The van der Waals surface area contributed by atoms with Gasteiger partial charge in [0.15, 0.2) is 5.69 Å². The first-order valence-corrected chi connectivity index (χ1v) is 6.28. The van der Waals surface area contributed by atoms with E-state index in [4.69, 9.17) is 4.74 Å². The lowest BCUT2D eigenvalue weighted by molar-refractivity contribution is -0.00869. The lowest BCUT2D eigenvalue weighted by Gasteiger charge is -2.35. The van der Waals surface area contributed by atoms with Gasteiger partial charge in [-0.3, -0.25) is 4.79 Å². The van der Waals surface area contributed by atoms with Crippen molar-refractivity contribution >= 4 is 5.91 Å². The number of nitrogens with one attached hydrogen (secondary N) is 1. The van der Waals surface area contributed by atoms with Gasteiger partial charge in [0.2, 0.25) is 0 Å². The minimum absolute atomic E-state index is 0.0256. The number of nitrogens with zero attached hydrogens (tertiary/aromatic N) is 2. The summed E-state index contributed by atoms with van der Waals surface area (Å²) in [5.41, 5.74) is 0.290. The van der Waals surface area contributed by atoms with Gasteiger partial charge >= 0.3 is 6.55 Å². The second kappa shape index (κ2) is 5.64. The van der Waals surface area contributed by atoms with Crippen molar-refractivity contribution in [3.63, 3.8) is 0 Å². The van der Waals surface area contributed by atoms with Crippen LogP contribution in [0.1, 0.15) is 42.5 Å². The summed E-state index contributed by atoms with van der Waals surface area (Å²) in [5, 5.41) is 6.36. The molecule has 0 aliphatic heterocycles. The molecule has 0 aromatic carbocycles. The Balaban J connectivity index is 1.89. The Morgan fingerprint density at radius 1 is 1.63 bits per heavy atom. The summed E-state index contributed by atoms with van der Waals surface area (Å²) < 4.78 is 31.0. The maximum atomic E-state index is 12.5. The van der Waals surface area contributed by atoms with Crippen molar-refractivity contribution in [2.45, 2.75) is 45.4 Å². The van der Waals surface area contributed by atoms with E-state index in [9.17, 15) is 13.6 Å². The van der Waals surface area contributed by atoms with Crippen molar-refractivity contribution in [1.82, 2.24) is 15.1 Å². The van der Waals surface area contributed by atoms with Crippen LogP contribution < -0.4 is 5.32 Å². The zero-order valence-corrected chi connectivity index (χ0v) is 10.9. The van der Waals surface area contributed by atoms with Crippen molar-refractivity contribution < 1.29 is 18.3 Å². The zero-order chi connectivity index (χ0) is 14.0. The van der Waals surface area contributed by atoms with E-state index in [0.717, 1.165) is 12.8 Å². The summed E-state index contributed by atoms with van der Waals surface area (Å²) in [6, 6.07) is 1.40. The number of amides is 1. The van der Waals surface area contributed by atoms with Crippen LogP contribution in [0.2, 0.25) is 0 Å². The Labute approximate surface area is 109 Å². The van der Waals surface area contributed by atoms with E-state index in [1.54, 1.807) is 0 Å². The van der Waals surface area contributed by atoms with Crippen molar-refractivity contribution in [2.24, 2.45) is 0 Å². The third kappa shape index (κ3) is 3.09. The summed E-state index contributed by atoms with van der Waals surface area (Å²) in [6.45, 7) is 1.34. The summed E-state index contributed by atoms with van der Waals surface area (Å²) in [7, 11) is 0. The molecule has 0 unspecified atom stereocenters. The van der Waals surface area contributed by atoms with Gasteiger partial charge < -0.3 is 10.1 Å². The largest absolute Gasteiger partial charge is 0.378 e. The second-order valence-electron chi connectivity index (χ2n) is 4.61. The molecule has 1 N–H and O–H groups in total. The Morgan fingerprint density at radius 2 is 2.32 bits per heavy atom. The van der Waals surface area contributed by atoms with Crippen LogP contribution in [-0.2, 0) is 4.74 Å². The highest BCUT2D eigenvalue weighted by Gasteiger charge is 2.31. The molecule has 5 nitrogen and oxygen atoms in total. The molecule has 0 saturated heterocycles. The average molecular weight is 273 g/mol. The van der Waals surface area contributed by atoms with Crippen LogP contribution in [0, 0.1) is 6.92 Å². The number of aromatic nitrogens is 2. The van der Waals surface area contributed by atoms with Crippen LogP contribution in [0.4, 0.5) is 8.78 Å². The fourth-order valence-electron chi connectivity index (χ4n) is 2.11. The molecular weight excluding hydrogens is 256 g/mol. The Morgan fingerprint density at radius 3 is 2.84 bits per heavy atom. The quantitative estimate of drug-likeness (QED) is 0.891. The molecule has 1 saturated carbocycles. The number of hydrogen-bond acceptors (Lipinski definition) is 3. The van der Waals surface area contributed by atoms with Crippen LogP contribution in [-0.4, -0.2) is 34.4 Å². The first-order chi connectivity index (χ1) is 9.01. The summed E-state index contributed by atoms with van der Waals surface area (Å²) in [5.74, 6) is -0.414. The molecule has 7 heteroatoms. The number of carbonyl (C=O) groups is 1. The Kier molecular flexibility index (Phi) is 4.14. The normalized spacial score (nSPS) is 22.4. The molecule has 1 heterocycles. The minimum Gasteiger partial charge on any atom is -0.378 e. The average Bonchev–Trinajstić information content (AvgIpc) is 2.68. The van der Waals surface area contributed by atoms with E-state index in [0.29, 0.717) is 11.3 Å². The Hall–Kier alpha value is -1.50. The number of ether oxygens (including phenoxy) is 1. The van der Waals surface area contributed by atoms with Crippen molar-refractivity contribution in [1.29, 1.82) is 0 Å². The highest BCUT2D eigenvalue weighted by molar-refractivity contribution is 5.92. The van der Waals surface area contributed by atoms with E-state index in [-0.39, 0.29) is 23.5 Å². The maximum Gasteiger partial charge on any atom is 0.333 e. The summed E-state index contributed by atoms with van der Waals surface area (Å²) >= 11 is 0. The molecule has 1 aromatic heterocycles. The molecular formula is C12H17F2N3O2. The lowest BCUT2D eigenvalue weighted by atomic mass is 9.89. The predicted octanol–water partition coefficient (Wildman–Crippen LogP) is 1.88. The van der Waals surface area contributed by atoms with E-state index >= 15 is 0 Å². The van der Waals surface area contributed by atoms with Gasteiger partial charge in [-0.25, -0.2) is 4.68 Å². The number of halogens is 2. The van der Waals surface area contributed by atoms with Crippen LogP contribution in [0.3, 0.4) is 0 Å². The van der Waals surface area contributed by atoms with Crippen LogP contribution in [0.15, 0.2) is 6.07 Å². The molecule has 19 heavy (non-hydrogen) atoms. The maximum absolute atomic E-state index is 12.5. The molecule has 1 aliphatic rings. The van der Waals surface area contributed by atoms with Gasteiger partial charge in [0.1, 0.15) is 0 Å². The van der Waals surface area contributed by atoms with E-state index in [2.05, 4.69) is 10.4 Å². The van der Waals surface area contributed by atoms with Gasteiger partial charge in [0.25, 0.3) is 5.91 Å². The molecule has 0 bridgehead atoms. The van der Waals surface area contributed by atoms with Gasteiger partial charge in [-0.05, 0) is 32.8 Å². The van der Waals surface area contributed by atoms with Gasteiger partial charge in [0, 0.05) is 18.3 Å². The Bertz CT molecular complexity index is 456. The highest BCUT2D eigenvalue weighted by atomic mass is 19.3. The standard InChI is InChI=1S/C12H17F2N3O2/c1-3-19-9-5-8(6-9)15-11(18)10-4-7(2)17(16-10)12(13)14/h4,8-9,12H,3,5-6H2,1-2H3,(H,15,18). The summed E-state index contributed by atoms with van der Waals surface area (Å²) in [6.07, 6.45) is 1.71. The van der Waals surface area contributed by atoms with Gasteiger partial charge in [-0.1, -0.05) is 0 Å². The van der Waals surface area contributed by atoms with Crippen LogP contribution >= 0.6 is 0 Å². The second-order valence-corrected chi connectivity index (χ2v) is 4.61. The topological polar surface area (TPSA) is 56.1 Å². The molecule has 106 valence electrons. The first-order valence-electron chi connectivity index (χ1n) is 6.28. The van der Waals surface area contributed by atoms with E-state index in [1.165, 1.54) is 13.0 Å². The minimum atomic E-state index is -2.73.